The molecule has 0 aromatic heterocycles. The molecule has 110 valence electrons. The molecule has 2 rings (SSSR count). The van der Waals surface area contributed by atoms with Gasteiger partial charge in [0.05, 0.1) is 6.61 Å². The molecule has 2 saturated carbocycles. The van der Waals surface area contributed by atoms with Gasteiger partial charge in [0.25, 0.3) is 0 Å². The molecule has 4 heteroatoms. The molecule has 0 radical (unpaired) electrons. The summed E-state index contributed by atoms with van der Waals surface area (Å²) >= 11 is 0. The molecule has 2 aliphatic carbocycles. The maximum atomic E-state index is 12.6. The summed E-state index contributed by atoms with van der Waals surface area (Å²) in [5.41, 5.74) is 5.97. The molecule has 0 spiro atoms. The fourth-order valence-corrected chi connectivity index (χ4v) is 3.13. The molecule has 0 saturated heterocycles. The van der Waals surface area contributed by atoms with Crippen LogP contribution in [0.15, 0.2) is 0 Å². The van der Waals surface area contributed by atoms with Gasteiger partial charge in [-0.25, -0.2) is 0 Å². The van der Waals surface area contributed by atoms with Crippen LogP contribution in [0.5, 0.6) is 0 Å². The van der Waals surface area contributed by atoms with Crippen molar-refractivity contribution < 1.29 is 9.53 Å². The first-order valence-electron chi connectivity index (χ1n) is 7.60. The van der Waals surface area contributed by atoms with E-state index in [1.807, 2.05) is 4.90 Å². The normalized spacial score (nSPS) is 22.7. The lowest BCUT2D eigenvalue weighted by molar-refractivity contribution is -0.138. The van der Waals surface area contributed by atoms with E-state index in [1.54, 1.807) is 7.11 Å². The van der Waals surface area contributed by atoms with Gasteiger partial charge in [0.1, 0.15) is 0 Å². The van der Waals surface area contributed by atoms with Crippen molar-refractivity contribution in [2.75, 3.05) is 26.8 Å². The molecule has 1 unspecified atom stereocenters. The van der Waals surface area contributed by atoms with Crippen LogP contribution in [-0.4, -0.2) is 43.7 Å². The van der Waals surface area contributed by atoms with E-state index in [0.29, 0.717) is 38.1 Å². The van der Waals surface area contributed by atoms with Gasteiger partial charge >= 0.3 is 0 Å². The van der Waals surface area contributed by atoms with Gasteiger partial charge in [-0.3, -0.25) is 4.79 Å². The average molecular weight is 268 g/mol. The van der Waals surface area contributed by atoms with Gasteiger partial charge in [-0.2, -0.15) is 0 Å². The highest BCUT2D eigenvalue weighted by atomic mass is 16.5. The Morgan fingerprint density at radius 2 is 2.16 bits per heavy atom. The Bertz CT molecular complexity index is 306. The Morgan fingerprint density at radius 1 is 1.47 bits per heavy atom. The summed E-state index contributed by atoms with van der Waals surface area (Å²) in [4.78, 5) is 14.6. The Kier molecular flexibility index (Phi) is 4.85. The smallest absolute Gasteiger partial charge is 0.223 e. The van der Waals surface area contributed by atoms with Crippen molar-refractivity contribution in [1.29, 1.82) is 0 Å². The Morgan fingerprint density at radius 3 is 2.58 bits per heavy atom. The third kappa shape index (κ3) is 3.48. The van der Waals surface area contributed by atoms with Crippen molar-refractivity contribution in [1.82, 2.24) is 4.90 Å². The number of amides is 1. The lowest BCUT2D eigenvalue weighted by Crippen LogP contribution is -2.47. The summed E-state index contributed by atoms with van der Waals surface area (Å²) in [5.74, 6) is 0.984. The molecule has 2 aliphatic rings. The van der Waals surface area contributed by atoms with E-state index in [0.717, 1.165) is 12.8 Å². The van der Waals surface area contributed by atoms with Crippen LogP contribution in [0.4, 0.5) is 0 Å². The zero-order chi connectivity index (χ0) is 13.9. The van der Waals surface area contributed by atoms with Crippen LogP contribution in [-0.2, 0) is 9.53 Å². The number of rotatable bonds is 8. The molecule has 1 atom stereocenters. The van der Waals surface area contributed by atoms with Crippen LogP contribution < -0.4 is 5.73 Å². The Hall–Kier alpha value is -0.610. The third-order valence-electron chi connectivity index (χ3n) is 5.03. The second-order valence-corrected chi connectivity index (χ2v) is 6.39. The molecule has 1 amide bonds. The number of carbonyl (C=O) groups excluding carboxylic acids is 1. The predicted molar refractivity (Wildman–Crippen MR) is 75.7 cm³/mol. The molecular weight excluding hydrogens is 240 g/mol. The highest BCUT2D eigenvalue weighted by Gasteiger charge is 2.41. The number of hydrogen-bond acceptors (Lipinski definition) is 3. The monoisotopic (exact) mass is 268 g/mol. The largest absolute Gasteiger partial charge is 0.383 e. The van der Waals surface area contributed by atoms with Crippen molar-refractivity contribution in [2.24, 2.45) is 17.1 Å². The first-order chi connectivity index (χ1) is 9.12. The van der Waals surface area contributed by atoms with Gasteiger partial charge in [0.15, 0.2) is 0 Å². The Balaban J connectivity index is 1.93. The summed E-state index contributed by atoms with van der Waals surface area (Å²) in [7, 11) is 1.69. The van der Waals surface area contributed by atoms with E-state index in [9.17, 15) is 4.79 Å². The van der Waals surface area contributed by atoms with Crippen molar-refractivity contribution in [3.8, 4) is 0 Å². The fraction of sp³-hybridized carbons (Fsp3) is 0.933. The summed E-state index contributed by atoms with van der Waals surface area (Å²) in [6, 6.07) is 0.359. The summed E-state index contributed by atoms with van der Waals surface area (Å²) in [6.45, 7) is 4.17. The summed E-state index contributed by atoms with van der Waals surface area (Å²) in [5, 5.41) is 0. The molecule has 0 aromatic rings. The third-order valence-corrected chi connectivity index (χ3v) is 5.03. The number of carbonyl (C=O) groups is 1. The van der Waals surface area contributed by atoms with Gasteiger partial charge in [-0.15, -0.1) is 0 Å². The van der Waals surface area contributed by atoms with E-state index in [1.165, 1.54) is 19.3 Å². The first kappa shape index (κ1) is 14.8. The maximum absolute atomic E-state index is 12.6. The topological polar surface area (TPSA) is 55.6 Å². The highest BCUT2D eigenvalue weighted by Crippen LogP contribution is 2.44. The zero-order valence-electron chi connectivity index (χ0n) is 12.4. The SMILES string of the molecule is COCCN(C(=O)CC1(CN)CCC1)C(C)C1CC1. The molecule has 2 fully saturated rings. The lowest BCUT2D eigenvalue weighted by atomic mass is 9.66. The quantitative estimate of drug-likeness (QED) is 0.730. The van der Waals surface area contributed by atoms with Gasteiger partial charge in [-0.1, -0.05) is 6.42 Å². The second-order valence-electron chi connectivity index (χ2n) is 6.39. The van der Waals surface area contributed by atoms with Gasteiger partial charge in [0.2, 0.25) is 5.91 Å². The summed E-state index contributed by atoms with van der Waals surface area (Å²) in [6.07, 6.45) is 6.61. The minimum atomic E-state index is 0.103. The van der Waals surface area contributed by atoms with Gasteiger partial charge in [-0.05, 0) is 50.5 Å². The highest BCUT2D eigenvalue weighted by molar-refractivity contribution is 5.77. The van der Waals surface area contributed by atoms with Crippen molar-refractivity contribution in [2.45, 2.75) is 51.5 Å². The molecule has 19 heavy (non-hydrogen) atoms. The first-order valence-corrected chi connectivity index (χ1v) is 7.60. The molecule has 0 heterocycles. The number of nitrogens with two attached hydrogens (primary N) is 1. The van der Waals surface area contributed by atoms with Crippen LogP contribution in [0.2, 0.25) is 0 Å². The molecule has 2 N–H and O–H groups in total. The van der Waals surface area contributed by atoms with Gasteiger partial charge in [0, 0.05) is 26.1 Å². The van der Waals surface area contributed by atoms with E-state index >= 15 is 0 Å². The average Bonchev–Trinajstić information content (AvgIpc) is 3.18. The Labute approximate surface area is 116 Å². The van der Waals surface area contributed by atoms with Crippen LogP contribution in [0.3, 0.4) is 0 Å². The van der Waals surface area contributed by atoms with Crippen LogP contribution in [0.1, 0.15) is 45.4 Å². The number of hydrogen-bond donors (Lipinski definition) is 1. The minimum absolute atomic E-state index is 0.103. The van der Waals surface area contributed by atoms with E-state index < -0.39 is 0 Å². The number of ether oxygens (including phenoxy) is 1. The van der Waals surface area contributed by atoms with Crippen molar-refractivity contribution in [3.05, 3.63) is 0 Å². The van der Waals surface area contributed by atoms with Crippen molar-refractivity contribution >= 4 is 5.91 Å². The lowest BCUT2D eigenvalue weighted by Gasteiger charge is -2.42. The molecule has 0 bridgehead atoms. The number of methoxy groups -OCH3 is 1. The minimum Gasteiger partial charge on any atom is -0.383 e. The molecular formula is C15H28N2O2. The van der Waals surface area contributed by atoms with Gasteiger partial charge < -0.3 is 15.4 Å². The fourth-order valence-electron chi connectivity index (χ4n) is 3.13. The van der Waals surface area contributed by atoms with E-state index in [2.05, 4.69) is 6.92 Å². The zero-order valence-corrected chi connectivity index (χ0v) is 12.4. The number of nitrogens with zero attached hydrogens (tertiary/aromatic N) is 1. The van der Waals surface area contributed by atoms with Crippen LogP contribution >= 0.6 is 0 Å². The van der Waals surface area contributed by atoms with Crippen LogP contribution in [0.25, 0.3) is 0 Å². The van der Waals surface area contributed by atoms with E-state index in [4.69, 9.17) is 10.5 Å². The summed E-state index contributed by atoms with van der Waals surface area (Å²) < 4.78 is 5.15. The molecule has 0 aromatic carbocycles. The predicted octanol–water partition coefficient (Wildman–Crippen LogP) is 1.78. The van der Waals surface area contributed by atoms with E-state index in [-0.39, 0.29) is 11.3 Å². The van der Waals surface area contributed by atoms with Crippen molar-refractivity contribution in [3.63, 3.8) is 0 Å². The molecule has 0 aliphatic heterocycles. The van der Waals surface area contributed by atoms with Crippen LogP contribution in [0, 0.1) is 11.3 Å². The maximum Gasteiger partial charge on any atom is 0.223 e. The standard InChI is InChI=1S/C15H28N2O2/c1-12(13-4-5-13)17(8-9-19-2)14(18)10-15(11-16)6-3-7-15/h12-13H,3-11,16H2,1-2H3. The second kappa shape index (κ2) is 6.23. The molecule has 4 nitrogen and oxygen atoms in total.